The summed E-state index contributed by atoms with van der Waals surface area (Å²) in [7, 11) is 3.46. The minimum absolute atomic E-state index is 0.0856. The Morgan fingerprint density at radius 2 is 2.24 bits per heavy atom. The van der Waals surface area contributed by atoms with Gasteiger partial charge >= 0.3 is 0 Å². The minimum Gasteiger partial charge on any atom is -0.385 e. The van der Waals surface area contributed by atoms with E-state index >= 15 is 0 Å². The number of unbranched alkanes of at least 4 members (excludes halogenated alkanes) is 1. The molecular formula is C12H19N3O2. The number of anilines is 1. The van der Waals surface area contributed by atoms with Gasteiger partial charge in [0.1, 0.15) is 5.82 Å². The first-order valence-corrected chi connectivity index (χ1v) is 5.69. The second-order valence-corrected chi connectivity index (χ2v) is 3.64. The number of amides is 1. The van der Waals surface area contributed by atoms with E-state index in [2.05, 4.69) is 15.6 Å². The first-order valence-electron chi connectivity index (χ1n) is 5.69. The lowest BCUT2D eigenvalue weighted by atomic mass is 10.2. The third kappa shape index (κ3) is 4.82. The van der Waals surface area contributed by atoms with Crippen LogP contribution in [0.5, 0.6) is 0 Å². The van der Waals surface area contributed by atoms with Gasteiger partial charge in [0.25, 0.3) is 5.91 Å². The maximum atomic E-state index is 11.7. The monoisotopic (exact) mass is 237 g/mol. The number of carbonyl (C=O) groups excluding carboxylic acids is 1. The average Bonchev–Trinajstić information content (AvgIpc) is 2.38. The molecule has 0 saturated carbocycles. The highest BCUT2D eigenvalue weighted by Gasteiger charge is 2.04. The van der Waals surface area contributed by atoms with Crippen LogP contribution in [0, 0.1) is 0 Å². The van der Waals surface area contributed by atoms with Crippen LogP contribution in [0.25, 0.3) is 0 Å². The number of hydrogen-bond donors (Lipinski definition) is 2. The van der Waals surface area contributed by atoms with E-state index in [9.17, 15) is 4.79 Å². The summed E-state index contributed by atoms with van der Waals surface area (Å²) in [4.78, 5) is 15.8. The van der Waals surface area contributed by atoms with Crippen molar-refractivity contribution in [3.63, 3.8) is 0 Å². The number of methoxy groups -OCH3 is 1. The van der Waals surface area contributed by atoms with Crippen molar-refractivity contribution in [3.05, 3.63) is 23.9 Å². The fourth-order valence-electron chi connectivity index (χ4n) is 1.35. The summed E-state index contributed by atoms with van der Waals surface area (Å²) in [6.45, 7) is 1.39. The zero-order valence-corrected chi connectivity index (χ0v) is 10.3. The summed E-state index contributed by atoms with van der Waals surface area (Å²) >= 11 is 0. The molecule has 0 saturated heterocycles. The van der Waals surface area contributed by atoms with Gasteiger partial charge in [-0.05, 0) is 25.0 Å². The molecule has 0 aliphatic heterocycles. The second-order valence-electron chi connectivity index (χ2n) is 3.64. The topological polar surface area (TPSA) is 63.2 Å². The first kappa shape index (κ1) is 13.4. The summed E-state index contributed by atoms with van der Waals surface area (Å²) in [5.41, 5.74) is 0.579. The molecule has 0 aliphatic rings. The lowest BCUT2D eigenvalue weighted by Gasteiger charge is -2.05. The fraction of sp³-hybridized carbons (Fsp3) is 0.500. The van der Waals surface area contributed by atoms with E-state index in [4.69, 9.17) is 4.74 Å². The van der Waals surface area contributed by atoms with Crippen LogP contribution in [-0.2, 0) is 4.74 Å². The van der Waals surface area contributed by atoms with Gasteiger partial charge in [-0.25, -0.2) is 4.98 Å². The number of hydrogen-bond acceptors (Lipinski definition) is 4. The van der Waals surface area contributed by atoms with E-state index in [-0.39, 0.29) is 5.91 Å². The van der Waals surface area contributed by atoms with Gasteiger partial charge in [0.15, 0.2) is 0 Å². The Kier molecular flexibility index (Phi) is 6.03. The molecule has 1 aromatic rings. The average molecular weight is 237 g/mol. The van der Waals surface area contributed by atoms with Crippen LogP contribution in [0.3, 0.4) is 0 Å². The van der Waals surface area contributed by atoms with E-state index in [1.807, 2.05) is 0 Å². The van der Waals surface area contributed by atoms with Crippen molar-refractivity contribution in [2.75, 3.05) is 32.6 Å². The third-order valence-electron chi connectivity index (χ3n) is 2.34. The van der Waals surface area contributed by atoms with Gasteiger partial charge in [0.2, 0.25) is 0 Å². The molecule has 5 nitrogen and oxygen atoms in total. The molecule has 0 spiro atoms. The summed E-state index contributed by atoms with van der Waals surface area (Å²) in [6, 6.07) is 3.53. The van der Waals surface area contributed by atoms with Crippen molar-refractivity contribution in [1.29, 1.82) is 0 Å². The first-order chi connectivity index (χ1) is 8.27. The molecule has 0 atom stereocenters. The van der Waals surface area contributed by atoms with Crippen molar-refractivity contribution in [2.45, 2.75) is 12.8 Å². The zero-order chi connectivity index (χ0) is 12.5. The van der Waals surface area contributed by atoms with Crippen LogP contribution in [0.2, 0.25) is 0 Å². The molecule has 0 aliphatic carbocycles. The normalized spacial score (nSPS) is 10.0. The highest BCUT2D eigenvalue weighted by atomic mass is 16.5. The van der Waals surface area contributed by atoms with E-state index in [1.54, 1.807) is 32.5 Å². The van der Waals surface area contributed by atoms with Crippen LogP contribution < -0.4 is 10.6 Å². The van der Waals surface area contributed by atoms with Crippen molar-refractivity contribution >= 4 is 11.7 Å². The smallest absolute Gasteiger partial charge is 0.252 e. The molecule has 1 rings (SSSR count). The summed E-state index contributed by atoms with van der Waals surface area (Å²) in [6.07, 6.45) is 3.44. The number of carbonyl (C=O) groups is 1. The van der Waals surface area contributed by atoms with Crippen LogP contribution in [0.4, 0.5) is 5.82 Å². The predicted molar refractivity (Wildman–Crippen MR) is 67.2 cm³/mol. The molecule has 1 heterocycles. The molecule has 2 N–H and O–H groups in total. The summed E-state index contributed by atoms with van der Waals surface area (Å²) in [5, 5.41) is 5.74. The SMILES string of the molecule is CNc1ccc(C(=O)NCCCCOC)cn1. The highest BCUT2D eigenvalue weighted by Crippen LogP contribution is 2.03. The molecule has 1 aromatic heterocycles. The Labute approximate surface area is 102 Å². The number of aromatic nitrogens is 1. The van der Waals surface area contributed by atoms with Crippen LogP contribution in [0.1, 0.15) is 23.2 Å². The highest BCUT2D eigenvalue weighted by molar-refractivity contribution is 5.93. The number of rotatable bonds is 7. The zero-order valence-electron chi connectivity index (χ0n) is 10.3. The quantitative estimate of drug-likeness (QED) is 0.701. The number of nitrogens with one attached hydrogen (secondary N) is 2. The number of nitrogens with zero attached hydrogens (tertiary/aromatic N) is 1. The molecular weight excluding hydrogens is 218 g/mol. The summed E-state index contributed by atoms with van der Waals surface area (Å²) < 4.78 is 4.93. The van der Waals surface area contributed by atoms with Gasteiger partial charge in [-0.1, -0.05) is 0 Å². The lowest BCUT2D eigenvalue weighted by Crippen LogP contribution is -2.24. The summed E-state index contributed by atoms with van der Waals surface area (Å²) in [5.74, 6) is 0.666. The molecule has 1 amide bonds. The molecule has 0 bridgehead atoms. The number of ether oxygens (including phenoxy) is 1. The second kappa shape index (κ2) is 7.62. The van der Waals surface area contributed by atoms with Crippen molar-refractivity contribution in [2.24, 2.45) is 0 Å². The van der Waals surface area contributed by atoms with E-state index in [0.29, 0.717) is 12.1 Å². The van der Waals surface area contributed by atoms with Crippen molar-refractivity contribution in [1.82, 2.24) is 10.3 Å². The van der Waals surface area contributed by atoms with Gasteiger partial charge in [-0.3, -0.25) is 4.79 Å². The molecule has 0 aromatic carbocycles. The Bertz CT molecular complexity index is 338. The van der Waals surface area contributed by atoms with Crippen LogP contribution in [-0.4, -0.2) is 38.2 Å². The molecule has 0 radical (unpaired) electrons. The Balaban J connectivity index is 2.31. The molecule has 17 heavy (non-hydrogen) atoms. The van der Waals surface area contributed by atoms with Gasteiger partial charge in [0.05, 0.1) is 5.56 Å². The minimum atomic E-state index is -0.0856. The van der Waals surface area contributed by atoms with Crippen LogP contribution >= 0.6 is 0 Å². The van der Waals surface area contributed by atoms with E-state index in [0.717, 1.165) is 25.3 Å². The standard InChI is InChI=1S/C12H19N3O2/c1-13-11-6-5-10(9-15-11)12(16)14-7-3-4-8-17-2/h5-6,9H,3-4,7-8H2,1-2H3,(H,13,15)(H,14,16). The lowest BCUT2D eigenvalue weighted by molar-refractivity contribution is 0.0951. The largest absolute Gasteiger partial charge is 0.385 e. The number of pyridine rings is 1. The van der Waals surface area contributed by atoms with Gasteiger partial charge in [-0.2, -0.15) is 0 Å². The van der Waals surface area contributed by atoms with Crippen molar-refractivity contribution in [3.8, 4) is 0 Å². The Morgan fingerprint density at radius 3 is 2.82 bits per heavy atom. The molecule has 0 unspecified atom stereocenters. The van der Waals surface area contributed by atoms with Gasteiger partial charge in [0, 0.05) is 33.5 Å². The van der Waals surface area contributed by atoms with Crippen molar-refractivity contribution < 1.29 is 9.53 Å². The van der Waals surface area contributed by atoms with E-state index in [1.165, 1.54) is 0 Å². The third-order valence-corrected chi connectivity index (χ3v) is 2.34. The molecule has 0 fully saturated rings. The maximum Gasteiger partial charge on any atom is 0.252 e. The maximum absolute atomic E-state index is 11.7. The Hall–Kier alpha value is -1.62. The fourth-order valence-corrected chi connectivity index (χ4v) is 1.35. The Morgan fingerprint density at radius 1 is 1.41 bits per heavy atom. The molecule has 5 heteroatoms. The van der Waals surface area contributed by atoms with Gasteiger partial charge in [-0.15, -0.1) is 0 Å². The van der Waals surface area contributed by atoms with E-state index < -0.39 is 0 Å². The predicted octanol–water partition coefficient (Wildman–Crippen LogP) is 1.28. The van der Waals surface area contributed by atoms with Gasteiger partial charge < -0.3 is 15.4 Å². The van der Waals surface area contributed by atoms with Crippen LogP contribution in [0.15, 0.2) is 18.3 Å². The molecule has 94 valence electrons.